The zero-order chi connectivity index (χ0) is 27.2. The minimum absolute atomic E-state index is 0.0913. The summed E-state index contributed by atoms with van der Waals surface area (Å²) in [6.07, 6.45) is 4.74. The third-order valence-corrected chi connectivity index (χ3v) is 7.65. The largest absolute Gasteiger partial charge is 0.481 e. The predicted octanol–water partition coefficient (Wildman–Crippen LogP) is 2.82. The number of thiocarbonyl (C=S) groups is 1. The molecule has 2 aromatic heterocycles. The van der Waals surface area contributed by atoms with E-state index in [1.807, 2.05) is 4.90 Å². The summed E-state index contributed by atoms with van der Waals surface area (Å²) < 4.78 is 6.94. The molecule has 0 saturated carbocycles. The lowest BCUT2D eigenvalue weighted by Gasteiger charge is -2.35. The van der Waals surface area contributed by atoms with Crippen molar-refractivity contribution in [1.82, 2.24) is 19.2 Å². The lowest BCUT2D eigenvalue weighted by Crippen LogP contribution is -2.49. The molecule has 2 aliphatic rings. The fourth-order valence-corrected chi connectivity index (χ4v) is 5.61. The summed E-state index contributed by atoms with van der Waals surface area (Å²) in [5, 5.41) is 8.79. The standard InChI is InChI=1S/C25H29N5O6S2/c1-2-36-24(35)28-14-12-27(13-15-28)21-17(22(33)29-10-7-5-8-19(29)26-21)16-18-23(34)30(25(37)38-18)11-6-3-4-9-20(31)32/h5,7-8,10,16H,2-4,6,9,11-15H2,1H3,(H,31,32)/b18-16+. The third-order valence-electron chi connectivity index (χ3n) is 6.28. The number of hydrogen-bond donors (Lipinski definition) is 1. The van der Waals surface area contributed by atoms with E-state index in [2.05, 4.69) is 0 Å². The summed E-state index contributed by atoms with van der Waals surface area (Å²) in [6.45, 7) is 4.18. The summed E-state index contributed by atoms with van der Waals surface area (Å²) in [5.74, 6) is -0.676. The molecule has 13 heteroatoms. The molecule has 202 valence electrons. The van der Waals surface area contributed by atoms with Gasteiger partial charge in [0.1, 0.15) is 15.8 Å². The molecule has 11 nitrogen and oxygen atoms in total. The van der Waals surface area contributed by atoms with Crippen molar-refractivity contribution in [3.8, 4) is 0 Å². The molecule has 4 heterocycles. The SMILES string of the molecule is CCOC(=O)N1CCN(c2nc3ccccn3c(=O)c2/C=C2/SC(=S)N(CCCCCC(=O)O)C2=O)CC1. The van der Waals surface area contributed by atoms with Gasteiger partial charge in [0.05, 0.1) is 17.1 Å². The first-order chi connectivity index (χ1) is 18.3. The van der Waals surface area contributed by atoms with Crippen LogP contribution in [0.1, 0.15) is 38.2 Å². The Morgan fingerprint density at radius 2 is 1.92 bits per heavy atom. The van der Waals surface area contributed by atoms with Crippen LogP contribution in [0.2, 0.25) is 0 Å². The maximum absolute atomic E-state index is 13.6. The number of amides is 2. The number of aromatic nitrogens is 2. The minimum atomic E-state index is -0.841. The smallest absolute Gasteiger partial charge is 0.409 e. The van der Waals surface area contributed by atoms with Crippen LogP contribution >= 0.6 is 24.0 Å². The number of hydrogen-bond acceptors (Lipinski definition) is 9. The Bertz CT molecular complexity index is 1340. The van der Waals surface area contributed by atoms with Gasteiger partial charge >= 0.3 is 12.1 Å². The highest BCUT2D eigenvalue weighted by Gasteiger charge is 2.33. The Labute approximate surface area is 229 Å². The first kappa shape index (κ1) is 27.6. The first-order valence-corrected chi connectivity index (χ1v) is 13.7. The fourth-order valence-electron chi connectivity index (χ4n) is 4.32. The number of carbonyl (C=O) groups is 3. The molecule has 0 atom stereocenters. The highest BCUT2D eigenvalue weighted by atomic mass is 32.2. The molecular formula is C25H29N5O6S2. The molecule has 0 aliphatic carbocycles. The van der Waals surface area contributed by atoms with Gasteiger partial charge in [-0.1, -0.05) is 36.5 Å². The zero-order valence-corrected chi connectivity index (χ0v) is 22.6. The van der Waals surface area contributed by atoms with E-state index < -0.39 is 5.97 Å². The van der Waals surface area contributed by atoms with Gasteiger partial charge in [-0.15, -0.1) is 0 Å². The number of unbranched alkanes of at least 4 members (excludes halogenated alkanes) is 2. The lowest BCUT2D eigenvalue weighted by atomic mass is 10.2. The summed E-state index contributed by atoms with van der Waals surface area (Å²) >= 11 is 6.57. The molecule has 0 bridgehead atoms. The van der Waals surface area contributed by atoms with Crippen molar-refractivity contribution in [1.29, 1.82) is 0 Å². The second-order valence-electron chi connectivity index (χ2n) is 8.79. The molecule has 2 aromatic rings. The number of pyridine rings is 1. The number of rotatable bonds is 9. The van der Waals surface area contributed by atoms with Crippen molar-refractivity contribution >= 4 is 63.8 Å². The molecule has 2 saturated heterocycles. The number of carboxylic acids is 1. The van der Waals surface area contributed by atoms with Crippen LogP contribution in [0.25, 0.3) is 11.7 Å². The van der Waals surface area contributed by atoms with E-state index in [9.17, 15) is 19.2 Å². The van der Waals surface area contributed by atoms with Gasteiger partial charge in [0.25, 0.3) is 11.5 Å². The van der Waals surface area contributed by atoms with Crippen LogP contribution in [-0.2, 0) is 14.3 Å². The number of anilines is 1. The number of carbonyl (C=O) groups excluding carboxylic acids is 2. The van der Waals surface area contributed by atoms with E-state index >= 15 is 0 Å². The van der Waals surface area contributed by atoms with Crippen molar-refractivity contribution < 1.29 is 24.2 Å². The van der Waals surface area contributed by atoms with E-state index in [1.54, 1.807) is 42.3 Å². The van der Waals surface area contributed by atoms with Crippen LogP contribution in [0.3, 0.4) is 0 Å². The van der Waals surface area contributed by atoms with Crippen LogP contribution in [0.5, 0.6) is 0 Å². The van der Waals surface area contributed by atoms with Crippen molar-refractivity contribution in [2.45, 2.75) is 32.6 Å². The third kappa shape index (κ3) is 6.16. The van der Waals surface area contributed by atoms with Crippen molar-refractivity contribution in [2.24, 2.45) is 0 Å². The maximum Gasteiger partial charge on any atom is 0.409 e. The molecule has 0 unspecified atom stereocenters. The molecule has 2 fully saturated rings. The predicted molar refractivity (Wildman–Crippen MR) is 148 cm³/mol. The molecule has 1 N–H and O–H groups in total. The average Bonchev–Trinajstić information content (AvgIpc) is 3.17. The summed E-state index contributed by atoms with van der Waals surface area (Å²) in [5.41, 5.74) is 0.448. The lowest BCUT2D eigenvalue weighted by molar-refractivity contribution is -0.137. The number of piperazine rings is 1. The molecule has 38 heavy (non-hydrogen) atoms. The number of carboxylic acid groups (broad SMARTS) is 1. The molecule has 0 aromatic carbocycles. The van der Waals surface area contributed by atoms with Crippen molar-refractivity contribution in [3.05, 3.63) is 45.2 Å². The Kier molecular flexibility index (Phi) is 9.00. The van der Waals surface area contributed by atoms with E-state index in [0.29, 0.717) is 79.3 Å². The van der Waals surface area contributed by atoms with E-state index in [0.717, 1.165) is 11.8 Å². The average molecular weight is 560 g/mol. The van der Waals surface area contributed by atoms with Crippen LogP contribution < -0.4 is 10.5 Å². The maximum atomic E-state index is 13.6. The second kappa shape index (κ2) is 12.4. The van der Waals surface area contributed by atoms with E-state index in [1.165, 1.54) is 9.30 Å². The molecule has 0 spiro atoms. The van der Waals surface area contributed by atoms with Crippen molar-refractivity contribution in [3.63, 3.8) is 0 Å². The van der Waals surface area contributed by atoms with Crippen LogP contribution in [-0.4, -0.2) is 85.9 Å². The van der Waals surface area contributed by atoms with Gasteiger partial charge in [0.15, 0.2) is 0 Å². The van der Waals surface area contributed by atoms with Crippen molar-refractivity contribution in [2.75, 3.05) is 44.2 Å². The summed E-state index contributed by atoms with van der Waals surface area (Å²) in [4.78, 5) is 59.7. The number of ether oxygens (including phenoxy) is 1. The topological polar surface area (TPSA) is 125 Å². The molecule has 4 rings (SSSR count). The number of aliphatic carboxylic acids is 1. The van der Waals surface area contributed by atoms with Gasteiger partial charge < -0.3 is 19.6 Å². The second-order valence-corrected chi connectivity index (χ2v) is 10.5. The Hall–Kier alpha value is -3.45. The Morgan fingerprint density at radius 3 is 2.63 bits per heavy atom. The van der Waals surface area contributed by atoms with Gasteiger partial charge in [0, 0.05) is 45.3 Å². The highest BCUT2D eigenvalue weighted by Crippen LogP contribution is 2.34. The van der Waals surface area contributed by atoms with Gasteiger partial charge in [-0.3, -0.25) is 23.7 Å². The van der Waals surface area contributed by atoms with E-state index in [4.69, 9.17) is 27.0 Å². The minimum Gasteiger partial charge on any atom is -0.481 e. The Balaban J connectivity index is 1.59. The number of nitrogens with zero attached hydrogens (tertiary/aromatic N) is 5. The zero-order valence-electron chi connectivity index (χ0n) is 21.0. The van der Waals surface area contributed by atoms with Gasteiger partial charge in [-0.2, -0.15) is 0 Å². The van der Waals surface area contributed by atoms with Gasteiger partial charge in [0.2, 0.25) is 0 Å². The van der Waals surface area contributed by atoms with Crippen LogP contribution in [0.15, 0.2) is 34.1 Å². The molecule has 2 amide bonds. The molecule has 0 radical (unpaired) electrons. The molecular weight excluding hydrogens is 530 g/mol. The first-order valence-electron chi connectivity index (χ1n) is 12.5. The highest BCUT2D eigenvalue weighted by molar-refractivity contribution is 8.26. The fraction of sp³-hybridized carbons (Fsp3) is 0.440. The number of fused-ring (bicyclic) bond motifs is 1. The number of thioether (sulfide) groups is 1. The quantitative estimate of drug-likeness (QED) is 0.279. The van der Waals surface area contributed by atoms with E-state index in [-0.39, 0.29) is 29.5 Å². The van der Waals surface area contributed by atoms with Gasteiger partial charge in [-0.25, -0.2) is 9.78 Å². The Morgan fingerprint density at radius 1 is 1.16 bits per heavy atom. The molecule has 2 aliphatic heterocycles. The summed E-state index contributed by atoms with van der Waals surface area (Å²) in [7, 11) is 0. The normalized spacial score (nSPS) is 17.1. The summed E-state index contributed by atoms with van der Waals surface area (Å²) in [6, 6.07) is 5.28. The van der Waals surface area contributed by atoms with Gasteiger partial charge in [-0.05, 0) is 38.0 Å². The van der Waals surface area contributed by atoms with Crippen LogP contribution in [0.4, 0.5) is 10.6 Å². The van der Waals surface area contributed by atoms with Crippen LogP contribution in [0, 0.1) is 0 Å². The monoisotopic (exact) mass is 559 g/mol.